The van der Waals surface area contributed by atoms with E-state index in [1.807, 2.05) is 0 Å². The van der Waals surface area contributed by atoms with Crippen molar-refractivity contribution in [1.29, 1.82) is 0 Å². The van der Waals surface area contributed by atoms with Crippen LogP contribution in [0, 0.1) is 11.9 Å². The summed E-state index contributed by atoms with van der Waals surface area (Å²) >= 11 is 0. The molecule has 0 aromatic carbocycles. The Morgan fingerprint density at radius 3 is 2.36 bits per heavy atom. The molecule has 0 bridgehead atoms. The molecular weight excluding hydrogens is 154 g/mol. The fraction of sp³-hybridized carbons (Fsp3) is 0.333. The van der Waals surface area contributed by atoms with Crippen molar-refractivity contribution < 1.29 is 13.5 Å². The zero-order valence-electron chi connectivity index (χ0n) is 5.84. The van der Waals surface area contributed by atoms with Crippen molar-refractivity contribution in [3.8, 4) is 6.01 Å². The van der Waals surface area contributed by atoms with Crippen molar-refractivity contribution in [2.24, 2.45) is 0 Å². The van der Waals surface area contributed by atoms with Crippen LogP contribution in [0.1, 0.15) is 6.92 Å². The van der Waals surface area contributed by atoms with Gasteiger partial charge >= 0.3 is 6.01 Å². The fourth-order valence-electron chi connectivity index (χ4n) is 0.564. The van der Waals surface area contributed by atoms with Crippen LogP contribution < -0.4 is 4.74 Å². The van der Waals surface area contributed by atoms with E-state index in [4.69, 9.17) is 0 Å². The largest absolute Gasteiger partial charge is 0.464 e. The zero-order valence-corrected chi connectivity index (χ0v) is 5.84. The Morgan fingerprint density at radius 1 is 1.36 bits per heavy atom. The van der Waals surface area contributed by atoms with Crippen molar-refractivity contribution in [2.75, 3.05) is 6.61 Å². The topological polar surface area (TPSA) is 35.0 Å². The minimum atomic E-state index is -0.930. The van der Waals surface area contributed by atoms with Gasteiger partial charge in [-0.15, -0.1) is 0 Å². The van der Waals surface area contributed by atoms with Gasteiger partial charge in [0.2, 0.25) is 11.9 Å². The Hall–Kier alpha value is -1.26. The van der Waals surface area contributed by atoms with Gasteiger partial charge < -0.3 is 4.74 Å². The highest BCUT2D eigenvalue weighted by Crippen LogP contribution is 2.04. The molecule has 0 fully saturated rings. The summed E-state index contributed by atoms with van der Waals surface area (Å²) in [7, 11) is 0. The molecule has 5 heteroatoms. The standard InChI is InChI=1S/C6H6F2N2O/c1-2-11-6-9-4(7)3-5(8)10-6/h3H,2H2,1H3. The van der Waals surface area contributed by atoms with Crippen LogP contribution in [0.3, 0.4) is 0 Å². The second kappa shape index (κ2) is 3.23. The molecule has 0 aliphatic rings. The molecule has 0 N–H and O–H groups in total. The SMILES string of the molecule is CCOc1nc(F)cc(F)n1. The third-order valence-corrected chi connectivity index (χ3v) is 0.917. The second-order valence-electron chi connectivity index (χ2n) is 1.73. The highest BCUT2D eigenvalue weighted by Gasteiger charge is 2.02. The molecular formula is C6H6F2N2O. The lowest BCUT2D eigenvalue weighted by Crippen LogP contribution is -2.00. The first-order valence-electron chi connectivity index (χ1n) is 3.05. The number of hydrogen-bond donors (Lipinski definition) is 0. The molecule has 11 heavy (non-hydrogen) atoms. The van der Waals surface area contributed by atoms with Gasteiger partial charge in [0.15, 0.2) is 0 Å². The predicted octanol–water partition coefficient (Wildman–Crippen LogP) is 1.15. The molecule has 1 heterocycles. The lowest BCUT2D eigenvalue weighted by Gasteiger charge is -1.98. The first kappa shape index (κ1) is 7.84. The Morgan fingerprint density at radius 2 is 1.91 bits per heavy atom. The normalized spacial score (nSPS) is 9.73. The van der Waals surface area contributed by atoms with E-state index in [9.17, 15) is 8.78 Å². The van der Waals surface area contributed by atoms with Crippen molar-refractivity contribution in [2.45, 2.75) is 6.92 Å². The van der Waals surface area contributed by atoms with Crippen molar-refractivity contribution in [3.63, 3.8) is 0 Å². The number of nitrogens with zero attached hydrogens (tertiary/aromatic N) is 2. The van der Waals surface area contributed by atoms with E-state index in [1.165, 1.54) is 0 Å². The van der Waals surface area contributed by atoms with E-state index in [-0.39, 0.29) is 12.6 Å². The van der Waals surface area contributed by atoms with E-state index in [1.54, 1.807) is 6.92 Å². The Bertz CT molecular complexity index is 234. The molecule has 0 aliphatic carbocycles. The molecule has 0 radical (unpaired) electrons. The molecule has 0 atom stereocenters. The number of hydrogen-bond acceptors (Lipinski definition) is 3. The van der Waals surface area contributed by atoms with Crippen LogP contribution in [0.4, 0.5) is 8.78 Å². The quantitative estimate of drug-likeness (QED) is 0.609. The third-order valence-electron chi connectivity index (χ3n) is 0.917. The summed E-state index contributed by atoms with van der Waals surface area (Å²) in [5, 5.41) is 0. The van der Waals surface area contributed by atoms with Crippen molar-refractivity contribution >= 4 is 0 Å². The first-order valence-corrected chi connectivity index (χ1v) is 3.05. The van der Waals surface area contributed by atoms with Crippen LogP contribution in [0.2, 0.25) is 0 Å². The minimum absolute atomic E-state index is 0.273. The summed E-state index contributed by atoms with van der Waals surface area (Å²) in [6.07, 6.45) is 0. The van der Waals surface area contributed by atoms with Crippen molar-refractivity contribution in [1.82, 2.24) is 9.97 Å². The molecule has 0 amide bonds. The smallest absolute Gasteiger partial charge is 0.321 e. The number of halogens is 2. The maximum absolute atomic E-state index is 12.3. The van der Waals surface area contributed by atoms with Crippen LogP contribution in [0.25, 0.3) is 0 Å². The molecule has 60 valence electrons. The number of ether oxygens (including phenoxy) is 1. The summed E-state index contributed by atoms with van der Waals surface area (Å²) in [5.74, 6) is -1.86. The second-order valence-corrected chi connectivity index (χ2v) is 1.73. The van der Waals surface area contributed by atoms with Crippen LogP contribution in [-0.4, -0.2) is 16.6 Å². The summed E-state index contributed by atoms with van der Waals surface area (Å²) in [5.41, 5.74) is 0. The van der Waals surface area contributed by atoms with E-state index < -0.39 is 11.9 Å². The summed E-state index contributed by atoms with van der Waals surface area (Å²) in [4.78, 5) is 6.37. The average molecular weight is 160 g/mol. The van der Waals surface area contributed by atoms with Crippen molar-refractivity contribution in [3.05, 3.63) is 18.0 Å². The summed E-state index contributed by atoms with van der Waals surface area (Å²) in [6.45, 7) is 1.95. The highest BCUT2D eigenvalue weighted by atomic mass is 19.1. The average Bonchev–Trinajstić information content (AvgIpc) is 1.85. The molecule has 0 unspecified atom stereocenters. The number of aromatic nitrogens is 2. The van der Waals surface area contributed by atoms with Gasteiger partial charge in [-0.1, -0.05) is 0 Å². The molecule has 1 aromatic rings. The van der Waals surface area contributed by atoms with Gasteiger partial charge in [-0.05, 0) is 6.92 Å². The van der Waals surface area contributed by atoms with Gasteiger partial charge in [0.25, 0.3) is 0 Å². The van der Waals surface area contributed by atoms with Gasteiger partial charge in [0, 0.05) is 6.07 Å². The van der Waals surface area contributed by atoms with Gasteiger partial charge in [0.1, 0.15) is 0 Å². The van der Waals surface area contributed by atoms with E-state index in [0.29, 0.717) is 6.07 Å². The fourth-order valence-corrected chi connectivity index (χ4v) is 0.564. The molecule has 0 aliphatic heterocycles. The third kappa shape index (κ3) is 2.10. The van der Waals surface area contributed by atoms with E-state index in [2.05, 4.69) is 14.7 Å². The van der Waals surface area contributed by atoms with Gasteiger partial charge in [0.05, 0.1) is 6.61 Å². The Kier molecular flexibility index (Phi) is 2.30. The molecule has 1 rings (SSSR count). The lowest BCUT2D eigenvalue weighted by molar-refractivity contribution is 0.298. The zero-order chi connectivity index (χ0) is 8.27. The Balaban J connectivity index is 2.89. The van der Waals surface area contributed by atoms with E-state index >= 15 is 0 Å². The summed E-state index contributed by atoms with van der Waals surface area (Å²) < 4.78 is 29.2. The van der Waals surface area contributed by atoms with Crippen LogP contribution >= 0.6 is 0 Å². The maximum atomic E-state index is 12.3. The predicted molar refractivity (Wildman–Crippen MR) is 33.1 cm³/mol. The number of rotatable bonds is 2. The highest BCUT2D eigenvalue weighted by molar-refractivity contribution is 4.96. The Labute approximate surface area is 62.0 Å². The minimum Gasteiger partial charge on any atom is -0.464 e. The van der Waals surface area contributed by atoms with Crippen LogP contribution in [-0.2, 0) is 0 Å². The van der Waals surface area contributed by atoms with Crippen LogP contribution in [0.15, 0.2) is 6.07 Å². The van der Waals surface area contributed by atoms with E-state index in [0.717, 1.165) is 0 Å². The van der Waals surface area contributed by atoms with Gasteiger partial charge in [-0.2, -0.15) is 18.7 Å². The maximum Gasteiger partial charge on any atom is 0.321 e. The van der Waals surface area contributed by atoms with Gasteiger partial charge in [-0.25, -0.2) is 0 Å². The molecule has 1 aromatic heterocycles. The first-order chi connectivity index (χ1) is 5.22. The molecule has 0 spiro atoms. The lowest BCUT2D eigenvalue weighted by atomic mass is 10.6. The molecule has 3 nitrogen and oxygen atoms in total. The van der Waals surface area contributed by atoms with Gasteiger partial charge in [-0.3, -0.25) is 0 Å². The van der Waals surface area contributed by atoms with Crippen LogP contribution in [0.5, 0.6) is 6.01 Å². The summed E-state index contributed by atoms with van der Waals surface area (Å²) in [6, 6.07) is 0.313. The molecule has 0 saturated heterocycles. The monoisotopic (exact) mass is 160 g/mol. The molecule has 0 saturated carbocycles.